The molecule has 1 aliphatic rings. The number of aliphatic hydroxyl groups is 1. The summed E-state index contributed by atoms with van der Waals surface area (Å²) in [5, 5.41) is 15.5. The van der Waals surface area contributed by atoms with Crippen LogP contribution in [0, 0.1) is 6.92 Å². The number of aliphatic hydroxyl groups excluding tert-OH is 1. The number of β-amino-alcohol motifs (C(OH)–C–C–N with tert-alkyl or cyclic N) is 1. The molecule has 3 heterocycles. The van der Waals surface area contributed by atoms with Gasteiger partial charge in [0.1, 0.15) is 5.82 Å². The number of rotatable bonds is 3. The average molecular weight is 357 g/mol. The first-order valence-electron chi connectivity index (χ1n) is 8.62. The number of fused-ring (bicyclic) bond motifs is 1. The van der Waals surface area contributed by atoms with E-state index in [0.717, 1.165) is 53.7 Å². The maximum atomic E-state index is 10.0. The van der Waals surface area contributed by atoms with Gasteiger partial charge in [-0.1, -0.05) is 23.7 Å². The fourth-order valence-corrected chi connectivity index (χ4v) is 3.54. The number of aromatic nitrogens is 3. The van der Waals surface area contributed by atoms with Crippen LogP contribution < -0.4 is 4.90 Å². The van der Waals surface area contributed by atoms with Gasteiger partial charge in [0.2, 0.25) is 0 Å². The highest BCUT2D eigenvalue weighted by Crippen LogP contribution is 2.23. The molecule has 1 saturated heterocycles. The van der Waals surface area contributed by atoms with Gasteiger partial charge in [-0.05, 0) is 37.5 Å². The quantitative estimate of drug-likeness (QED) is 0.782. The number of halogens is 1. The second-order valence-corrected chi connectivity index (χ2v) is 7.14. The van der Waals surface area contributed by atoms with Crippen LogP contribution in [0.5, 0.6) is 0 Å². The average Bonchev–Trinajstić information content (AvgIpc) is 2.98. The van der Waals surface area contributed by atoms with Gasteiger partial charge in [-0.3, -0.25) is 0 Å². The summed E-state index contributed by atoms with van der Waals surface area (Å²) in [7, 11) is 0. The minimum absolute atomic E-state index is 0.277. The highest BCUT2D eigenvalue weighted by atomic mass is 35.5. The zero-order chi connectivity index (χ0) is 17.4. The molecule has 0 radical (unpaired) electrons. The molecule has 1 aliphatic heterocycles. The Morgan fingerprint density at radius 3 is 2.80 bits per heavy atom. The molecule has 3 aromatic rings. The van der Waals surface area contributed by atoms with Crippen LogP contribution in [0.25, 0.3) is 5.65 Å². The molecule has 130 valence electrons. The summed E-state index contributed by atoms with van der Waals surface area (Å²) in [5.41, 5.74) is 3.94. The Bertz CT molecular complexity index is 890. The van der Waals surface area contributed by atoms with Crippen LogP contribution >= 0.6 is 11.6 Å². The SMILES string of the molecule is Cc1cc(N2CCC[C@H](O)C2)n2nc(Cc3ccc(Cl)cc3)cc2n1. The van der Waals surface area contributed by atoms with Crippen molar-refractivity contribution >= 4 is 23.1 Å². The van der Waals surface area contributed by atoms with Crippen molar-refractivity contribution in [1.82, 2.24) is 14.6 Å². The first-order chi connectivity index (χ1) is 12.1. The molecular weight excluding hydrogens is 336 g/mol. The van der Waals surface area contributed by atoms with Crippen molar-refractivity contribution in [3.63, 3.8) is 0 Å². The van der Waals surface area contributed by atoms with Crippen LogP contribution in [0.3, 0.4) is 0 Å². The Morgan fingerprint density at radius 1 is 1.24 bits per heavy atom. The van der Waals surface area contributed by atoms with Gasteiger partial charge in [-0.2, -0.15) is 9.61 Å². The van der Waals surface area contributed by atoms with Gasteiger partial charge in [-0.15, -0.1) is 0 Å². The van der Waals surface area contributed by atoms with Crippen LogP contribution in [-0.4, -0.2) is 38.9 Å². The van der Waals surface area contributed by atoms with E-state index in [1.165, 1.54) is 5.56 Å². The van der Waals surface area contributed by atoms with Gasteiger partial charge in [-0.25, -0.2) is 4.98 Å². The van der Waals surface area contributed by atoms with E-state index in [-0.39, 0.29) is 6.10 Å². The topological polar surface area (TPSA) is 53.7 Å². The van der Waals surface area contributed by atoms with E-state index in [2.05, 4.69) is 9.88 Å². The predicted molar refractivity (Wildman–Crippen MR) is 99.4 cm³/mol. The molecule has 5 nitrogen and oxygen atoms in total. The predicted octanol–water partition coefficient (Wildman–Crippen LogP) is 3.24. The lowest BCUT2D eigenvalue weighted by atomic mass is 10.1. The molecule has 0 bridgehead atoms. The Labute approximate surface area is 151 Å². The van der Waals surface area contributed by atoms with Crippen LogP contribution in [0.1, 0.15) is 29.8 Å². The number of hydrogen-bond donors (Lipinski definition) is 1. The Hall–Kier alpha value is -2.11. The normalized spacial score (nSPS) is 18.0. The molecule has 1 aromatic carbocycles. The standard InChI is InChI=1S/C19H21ClN4O/c1-13-9-19(23-8-2-3-17(25)12-23)24-18(21-13)11-16(22-24)10-14-4-6-15(20)7-5-14/h4-7,9,11,17,25H,2-3,8,10,12H2,1H3/t17-/m0/s1. The van der Waals surface area contributed by atoms with E-state index in [4.69, 9.17) is 16.7 Å². The van der Waals surface area contributed by atoms with E-state index in [9.17, 15) is 5.11 Å². The molecule has 0 saturated carbocycles. The van der Waals surface area contributed by atoms with Gasteiger partial charge >= 0.3 is 0 Å². The van der Waals surface area contributed by atoms with Crippen LogP contribution in [0.2, 0.25) is 5.02 Å². The lowest BCUT2D eigenvalue weighted by Gasteiger charge is -2.32. The summed E-state index contributed by atoms with van der Waals surface area (Å²) in [6.45, 7) is 3.57. The summed E-state index contributed by atoms with van der Waals surface area (Å²) >= 11 is 5.96. The highest BCUT2D eigenvalue weighted by Gasteiger charge is 2.21. The Kier molecular flexibility index (Phi) is 4.36. The van der Waals surface area contributed by atoms with Crippen molar-refractivity contribution in [2.24, 2.45) is 0 Å². The molecule has 0 unspecified atom stereocenters. The van der Waals surface area contributed by atoms with E-state index in [0.29, 0.717) is 6.54 Å². The monoisotopic (exact) mass is 356 g/mol. The van der Waals surface area contributed by atoms with Crippen molar-refractivity contribution < 1.29 is 5.11 Å². The Balaban J connectivity index is 1.69. The Morgan fingerprint density at radius 2 is 2.04 bits per heavy atom. The van der Waals surface area contributed by atoms with Gasteiger partial charge in [0, 0.05) is 42.4 Å². The molecule has 0 aliphatic carbocycles. The minimum Gasteiger partial charge on any atom is -0.391 e. The number of hydrogen-bond acceptors (Lipinski definition) is 4. The molecule has 0 amide bonds. The number of benzene rings is 1. The van der Waals surface area contributed by atoms with Crippen LogP contribution in [0.4, 0.5) is 5.82 Å². The van der Waals surface area contributed by atoms with Gasteiger partial charge in [0.15, 0.2) is 5.65 Å². The van der Waals surface area contributed by atoms with E-state index < -0.39 is 0 Å². The third kappa shape index (κ3) is 3.48. The van der Waals surface area contributed by atoms with Gasteiger partial charge in [0.25, 0.3) is 0 Å². The molecule has 4 rings (SSSR count). The number of anilines is 1. The number of aryl methyl sites for hydroxylation is 1. The van der Waals surface area contributed by atoms with E-state index >= 15 is 0 Å². The molecule has 0 spiro atoms. The lowest BCUT2D eigenvalue weighted by Crippen LogP contribution is -2.39. The second-order valence-electron chi connectivity index (χ2n) is 6.71. The molecule has 25 heavy (non-hydrogen) atoms. The van der Waals surface area contributed by atoms with Crippen molar-refractivity contribution in [2.45, 2.75) is 32.3 Å². The fraction of sp³-hybridized carbons (Fsp3) is 0.368. The molecule has 1 fully saturated rings. The van der Waals surface area contributed by atoms with Crippen molar-refractivity contribution in [3.05, 3.63) is 58.4 Å². The summed E-state index contributed by atoms with van der Waals surface area (Å²) in [5.74, 6) is 1.00. The lowest BCUT2D eigenvalue weighted by molar-refractivity contribution is 0.153. The highest BCUT2D eigenvalue weighted by molar-refractivity contribution is 6.30. The van der Waals surface area contributed by atoms with Crippen molar-refractivity contribution in [2.75, 3.05) is 18.0 Å². The number of nitrogens with zero attached hydrogens (tertiary/aromatic N) is 4. The summed E-state index contributed by atoms with van der Waals surface area (Å²) in [6.07, 6.45) is 2.32. The largest absolute Gasteiger partial charge is 0.391 e. The maximum Gasteiger partial charge on any atom is 0.157 e. The van der Waals surface area contributed by atoms with Gasteiger partial charge in [0.05, 0.1) is 11.8 Å². The van der Waals surface area contributed by atoms with Crippen LogP contribution in [0.15, 0.2) is 36.4 Å². The second kappa shape index (κ2) is 6.65. The maximum absolute atomic E-state index is 10.0. The smallest absolute Gasteiger partial charge is 0.157 e. The zero-order valence-electron chi connectivity index (χ0n) is 14.2. The summed E-state index contributed by atoms with van der Waals surface area (Å²) in [4.78, 5) is 6.82. The third-order valence-electron chi connectivity index (χ3n) is 4.61. The zero-order valence-corrected chi connectivity index (χ0v) is 14.9. The van der Waals surface area contributed by atoms with E-state index in [1.54, 1.807) is 0 Å². The summed E-state index contributed by atoms with van der Waals surface area (Å²) in [6, 6.07) is 11.9. The summed E-state index contributed by atoms with van der Waals surface area (Å²) < 4.78 is 1.90. The number of piperidine rings is 1. The molecule has 2 aromatic heterocycles. The third-order valence-corrected chi connectivity index (χ3v) is 4.86. The first-order valence-corrected chi connectivity index (χ1v) is 9.00. The van der Waals surface area contributed by atoms with Gasteiger partial charge < -0.3 is 10.0 Å². The van der Waals surface area contributed by atoms with E-state index in [1.807, 2.05) is 47.8 Å². The fourth-order valence-electron chi connectivity index (χ4n) is 3.41. The van der Waals surface area contributed by atoms with Crippen molar-refractivity contribution in [1.29, 1.82) is 0 Å². The first kappa shape index (κ1) is 16.4. The minimum atomic E-state index is -0.277. The molecule has 1 atom stereocenters. The van der Waals surface area contributed by atoms with Crippen molar-refractivity contribution in [3.8, 4) is 0 Å². The molecule has 6 heteroatoms. The molecular formula is C19H21ClN4O. The van der Waals surface area contributed by atoms with Crippen LogP contribution in [-0.2, 0) is 6.42 Å². The molecule has 1 N–H and O–H groups in total.